The quantitative estimate of drug-likeness (QED) is 0.852. The Morgan fingerprint density at radius 2 is 2.40 bits per heavy atom. The summed E-state index contributed by atoms with van der Waals surface area (Å²) >= 11 is 3.37. The summed E-state index contributed by atoms with van der Waals surface area (Å²) in [7, 11) is 1.69. The maximum absolute atomic E-state index is 11.8. The average molecular weight is 273 g/mol. The molecule has 1 atom stereocenters. The Morgan fingerprint density at radius 1 is 1.73 bits per heavy atom. The zero-order chi connectivity index (χ0) is 11.4. The van der Waals surface area contributed by atoms with Crippen molar-refractivity contribution in [2.75, 3.05) is 13.6 Å². The first-order valence-electron chi connectivity index (χ1n) is 4.55. The minimum Gasteiger partial charge on any atom is -0.505 e. The van der Waals surface area contributed by atoms with Crippen LogP contribution in [0.25, 0.3) is 0 Å². The maximum atomic E-state index is 11.8. The van der Waals surface area contributed by atoms with Crippen LogP contribution in [-0.2, 0) is 0 Å². The number of aromatic nitrogens is 1. The zero-order valence-corrected chi connectivity index (χ0v) is 10.2. The number of aromatic hydroxyl groups is 1. The van der Waals surface area contributed by atoms with Crippen molar-refractivity contribution < 1.29 is 9.90 Å². The summed E-state index contributed by atoms with van der Waals surface area (Å²) in [5.74, 6) is -0.294. The van der Waals surface area contributed by atoms with E-state index in [0.717, 1.165) is 0 Å². The minimum atomic E-state index is -0.207. The van der Waals surface area contributed by atoms with Gasteiger partial charge < -0.3 is 10.0 Å². The molecule has 1 N–H and O–H groups in total. The van der Waals surface area contributed by atoms with Gasteiger partial charge in [-0.2, -0.15) is 0 Å². The van der Waals surface area contributed by atoms with Crippen LogP contribution in [0.5, 0.6) is 5.75 Å². The van der Waals surface area contributed by atoms with E-state index in [1.165, 1.54) is 18.5 Å². The third-order valence-electron chi connectivity index (χ3n) is 1.90. The lowest BCUT2D eigenvalue weighted by Gasteiger charge is -2.18. The van der Waals surface area contributed by atoms with Crippen molar-refractivity contribution in [2.24, 2.45) is 0 Å². The summed E-state index contributed by atoms with van der Waals surface area (Å²) in [6.07, 6.45) is 2.75. The van der Waals surface area contributed by atoms with Crippen LogP contribution in [0.4, 0.5) is 0 Å². The number of rotatable bonds is 3. The molecule has 4 nitrogen and oxygen atoms in total. The molecule has 0 aromatic carbocycles. The second-order valence-corrected chi connectivity index (χ2v) is 4.92. The van der Waals surface area contributed by atoms with Crippen LogP contribution in [0.2, 0.25) is 0 Å². The van der Waals surface area contributed by atoms with E-state index in [1.807, 2.05) is 6.92 Å². The number of hydrogen-bond acceptors (Lipinski definition) is 3. The van der Waals surface area contributed by atoms with Crippen molar-refractivity contribution in [2.45, 2.75) is 11.8 Å². The van der Waals surface area contributed by atoms with Gasteiger partial charge in [0.25, 0.3) is 5.91 Å². The fraction of sp³-hybridized carbons (Fsp3) is 0.400. The Hall–Kier alpha value is -1.10. The van der Waals surface area contributed by atoms with Gasteiger partial charge in [-0.05, 0) is 6.07 Å². The third kappa shape index (κ3) is 3.20. The molecule has 0 spiro atoms. The molecule has 0 saturated carbocycles. The molecule has 1 rings (SSSR count). The molecular formula is C10H13BrN2O2. The molecule has 1 heterocycles. The number of pyridine rings is 1. The first-order chi connectivity index (χ1) is 7.02. The topological polar surface area (TPSA) is 53.4 Å². The molecule has 1 aromatic heterocycles. The van der Waals surface area contributed by atoms with Crippen molar-refractivity contribution in [3.05, 3.63) is 24.0 Å². The van der Waals surface area contributed by atoms with Crippen molar-refractivity contribution in [1.82, 2.24) is 9.88 Å². The van der Waals surface area contributed by atoms with Gasteiger partial charge in [-0.15, -0.1) is 0 Å². The molecule has 0 aliphatic rings. The van der Waals surface area contributed by atoms with E-state index in [2.05, 4.69) is 20.9 Å². The number of halogens is 1. The van der Waals surface area contributed by atoms with Crippen molar-refractivity contribution in [3.63, 3.8) is 0 Å². The normalized spacial score (nSPS) is 12.2. The number of alkyl halides is 1. The second kappa shape index (κ2) is 5.11. The van der Waals surface area contributed by atoms with E-state index in [-0.39, 0.29) is 22.0 Å². The van der Waals surface area contributed by atoms with E-state index >= 15 is 0 Å². The van der Waals surface area contributed by atoms with Gasteiger partial charge >= 0.3 is 0 Å². The molecule has 0 fully saturated rings. The van der Waals surface area contributed by atoms with Gasteiger partial charge in [-0.3, -0.25) is 9.78 Å². The molecule has 15 heavy (non-hydrogen) atoms. The van der Waals surface area contributed by atoms with Crippen molar-refractivity contribution >= 4 is 21.8 Å². The smallest absolute Gasteiger partial charge is 0.257 e. The SMILES string of the molecule is CC(Br)CN(C)C(=O)c1ccncc1O. The highest BCUT2D eigenvalue weighted by molar-refractivity contribution is 9.09. The minimum absolute atomic E-state index is 0.0865. The Bertz CT molecular complexity index is 355. The molecule has 82 valence electrons. The maximum Gasteiger partial charge on any atom is 0.257 e. The highest BCUT2D eigenvalue weighted by Gasteiger charge is 2.16. The Balaban J connectivity index is 2.81. The van der Waals surface area contributed by atoms with Gasteiger partial charge in [0.15, 0.2) is 0 Å². The summed E-state index contributed by atoms with van der Waals surface area (Å²) in [4.78, 5) is 17.3. The molecule has 1 amide bonds. The Morgan fingerprint density at radius 3 is 2.93 bits per heavy atom. The molecule has 5 heteroatoms. The van der Waals surface area contributed by atoms with E-state index in [0.29, 0.717) is 6.54 Å². The van der Waals surface area contributed by atoms with Crippen LogP contribution < -0.4 is 0 Å². The first kappa shape index (κ1) is 12.0. The van der Waals surface area contributed by atoms with E-state index in [9.17, 15) is 9.90 Å². The van der Waals surface area contributed by atoms with Crippen LogP contribution in [-0.4, -0.2) is 39.3 Å². The number of amides is 1. The van der Waals surface area contributed by atoms with Gasteiger partial charge in [0.05, 0.1) is 11.8 Å². The number of carbonyl (C=O) groups excluding carboxylic acids is 1. The molecule has 0 aliphatic carbocycles. The fourth-order valence-corrected chi connectivity index (χ4v) is 1.67. The van der Waals surface area contributed by atoms with E-state index in [4.69, 9.17) is 0 Å². The monoisotopic (exact) mass is 272 g/mol. The third-order valence-corrected chi connectivity index (χ3v) is 2.19. The average Bonchev–Trinajstić information content (AvgIpc) is 2.16. The van der Waals surface area contributed by atoms with Gasteiger partial charge in [0.1, 0.15) is 5.75 Å². The van der Waals surface area contributed by atoms with Crippen molar-refractivity contribution in [1.29, 1.82) is 0 Å². The van der Waals surface area contributed by atoms with Crippen LogP contribution in [0, 0.1) is 0 Å². The van der Waals surface area contributed by atoms with Gasteiger partial charge in [0.2, 0.25) is 0 Å². The molecular weight excluding hydrogens is 260 g/mol. The molecule has 1 unspecified atom stereocenters. The van der Waals surface area contributed by atoms with Gasteiger partial charge in [0, 0.05) is 24.6 Å². The molecule has 1 aromatic rings. The van der Waals surface area contributed by atoms with Crippen LogP contribution in [0.15, 0.2) is 18.5 Å². The zero-order valence-electron chi connectivity index (χ0n) is 8.64. The number of carbonyl (C=O) groups is 1. The number of hydrogen-bond donors (Lipinski definition) is 1. The van der Waals surface area contributed by atoms with Crippen LogP contribution in [0.1, 0.15) is 17.3 Å². The van der Waals surface area contributed by atoms with Gasteiger partial charge in [-0.1, -0.05) is 22.9 Å². The Kier molecular flexibility index (Phi) is 4.08. The first-order valence-corrected chi connectivity index (χ1v) is 5.46. The Labute approximate surface area is 97.1 Å². The van der Waals surface area contributed by atoms with Gasteiger partial charge in [-0.25, -0.2) is 0 Å². The largest absolute Gasteiger partial charge is 0.505 e. The fourth-order valence-electron chi connectivity index (χ4n) is 1.23. The lowest BCUT2D eigenvalue weighted by Crippen LogP contribution is -2.31. The van der Waals surface area contributed by atoms with E-state index < -0.39 is 0 Å². The molecule has 0 bridgehead atoms. The molecule has 0 saturated heterocycles. The summed E-state index contributed by atoms with van der Waals surface area (Å²) in [6, 6.07) is 1.51. The standard InChI is InChI=1S/C10H13BrN2O2/c1-7(11)6-13(2)10(15)8-3-4-12-5-9(8)14/h3-5,7,14H,6H2,1-2H3. The summed E-state index contributed by atoms with van der Waals surface area (Å²) < 4.78 is 0. The summed E-state index contributed by atoms with van der Waals surface area (Å²) in [5, 5.41) is 9.44. The molecule has 0 aliphatic heterocycles. The predicted octanol–water partition coefficient (Wildman–Crippen LogP) is 1.64. The number of nitrogens with zero attached hydrogens (tertiary/aromatic N) is 2. The summed E-state index contributed by atoms with van der Waals surface area (Å²) in [6.45, 7) is 2.54. The summed E-state index contributed by atoms with van der Waals surface area (Å²) in [5.41, 5.74) is 0.278. The van der Waals surface area contributed by atoms with Crippen molar-refractivity contribution in [3.8, 4) is 5.75 Å². The highest BCUT2D eigenvalue weighted by atomic mass is 79.9. The lowest BCUT2D eigenvalue weighted by molar-refractivity contribution is 0.0794. The highest BCUT2D eigenvalue weighted by Crippen LogP contribution is 2.16. The van der Waals surface area contributed by atoms with Crippen LogP contribution >= 0.6 is 15.9 Å². The predicted molar refractivity (Wildman–Crippen MR) is 61.3 cm³/mol. The van der Waals surface area contributed by atoms with Crippen LogP contribution in [0.3, 0.4) is 0 Å². The van der Waals surface area contributed by atoms with E-state index in [1.54, 1.807) is 11.9 Å². The lowest BCUT2D eigenvalue weighted by atomic mass is 10.2. The second-order valence-electron chi connectivity index (χ2n) is 3.36. The molecule has 0 radical (unpaired) electrons.